The second-order valence-electron chi connectivity index (χ2n) is 7.29. The molecule has 2 aliphatic rings. The van der Waals surface area contributed by atoms with Crippen LogP contribution in [0.4, 0.5) is 4.39 Å². The van der Waals surface area contributed by atoms with Gasteiger partial charge in [0.1, 0.15) is 5.82 Å². The number of fused-ring (bicyclic) bond motifs is 1. The summed E-state index contributed by atoms with van der Waals surface area (Å²) in [6.07, 6.45) is 6.91. The summed E-state index contributed by atoms with van der Waals surface area (Å²) < 4.78 is 15.3. The van der Waals surface area contributed by atoms with Gasteiger partial charge in [0.25, 0.3) is 0 Å². The predicted molar refractivity (Wildman–Crippen MR) is 124 cm³/mol. The van der Waals surface area contributed by atoms with Gasteiger partial charge in [-0.05, 0) is 38.7 Å². The highest BCUT2D eigenvalue weighted by molar-refractivity contribution is 9.10. The van der Waals surface area contributed by atoms with E-state index in [4.69, 9.17) is 5.10 Å². The smallest absolute Gasteiger partial charge is 0.137 e. The van der Waals surface area contributed by atoms with Crippen LogP contribution in [0.15, 0.2) is 117 Å². The lowest BCUT2D eigenvalue weighted by atomic mass is 9.64. The second-order valence-corrected chi connectivity index (χ2v) is 8.08. The molecule has 0 bridgehead atoms. The first-order valence-corrected chi connectivity index (χ1v) is 10.6. The Kier molecular flexibility index (Phi) is 4.80. The van der Waals surface area contributed by atoms with E-state index >= 15 is 0 Å². The summed E-state index contributed by atoms with van der Waals surface area (Å²) in [4.78, 5) is 0. The van der Waals surface area contributed by atoms with Crippen molar-refractivity contribution in [2.45, 2.75) is 11.8 Å². The van der Waals surface area contributed by atoms with Crippen molar-refractivity contribution in [3.8, 4) is 0 Å². The van der Waals surface area contributed by atoms with Gasteiger partial charge in [0, 0.05) is 12.0 Å². The molecule has 30 heavy (non-hydrogen) atoms. The molecule has 0 amide bonds. The number of hydrogen-bond acceptors (Lipinski definition) is 2. The fourth-order valence-electron chi connectivity index (χ4n) is 4.35. The number of allylic oxidation sites excluding steroid dienone is 4. The summed E-state index contributed by atoms with van der Waals surface area (Å²) in [6, 6.07) is 25.5. The Hall–Kier alpha value is -3.11. The lowest BCUT2D eigenvalue weighted by Crippen LogP contribution is -2.40. The molecular weight excluding hydrogens is 439 g/mol. The Morgan fingerprint density at radius 3 is 2.13 bits per heavy atom. The molecule has 0 radical (unpaired) electrons. The first-order valence-electron chi connectivity index (χ1n) is 9.81. The van der Waals surface area contributed by atoms with Crippen molar-refractivity contribution in [1.82, 2.24) is 0 Å². The third kappa shape index (κ3) is 2.83. The van der Waals surface area contributed by atoms with E-state index in [1.54, 1.807) is 6.07 Å². The summed E-state index contributed by atoms with van der Waals surface area (Å²) in [5, 5.41) is 9.22. The molecule has 4 heteroatoms. The van der Waals surface area contributed by atoms with Gasteiger partial charge in [0.2, 0.25) is 0 Å². The van der Waals surface area contributed by atoms with Crippen LogP contribution in [0.1, 0.15) is 23.1 Å². The van der Waals surface area contributed by atoms with Crippen LogP contribution in [0, 0.1) is 5.82 Å². The molecule has 3 aromatic rings. The van der Waals surface area contributed by atoms with Crippen molar-refractivity contribution in [3.63, 3.8) is 0 Å². The standard InChI is InChI=1S/C26H18BrFN2/c27-24-21(15-9-16-22(24)28)26(18-10-3-1-4-11-18,19-12-5-2-6-13-19)25-20-14-7-8-17-23(20)29-30-25/h1-16H,17H2. The van der Waals surface area contributed by atoms with E-state index in [9.17, 15) is 4.39 Å². The van der Waals surface area contributed by atoms with Gasteiger partial charge in [0.15, 0.2) is 0 Å². The van der Waals surface area contributed by atoms with E-state index in [1.807, 2.05) is 48.5 Å². The van der Waals surface area contributed by atoms with Gasteiger partial charge in [-0.25, -0.2) is 4.39 Å². The monoisotopic (exact) mass is 456 g/mol. The van der Waals surface area contributed by atoms with Crippen LogP contribution < -0.4 is 0 Å². The molecule has 1 aliphatic carbocycles. The quantitative estimate of drug-likeness (QED) is 0.394. The van der Waals surface area contributed by atoms with Crippen molar-refractivity contribution in [2.24, 2.45) is 10.2 Å². The molecule has 0 saturated carbocycles. The third-order valence-electron chi connectivity index (χ3n) is 5.67. The molecule has 146 valence electrons. The zero-order valence-corrected chi connectivity index (χ0v) is 17.7. The predicted octanol–water partition coefficient (Wildman–Crippen LogP) is 6.62. The lowest BCUT2D eigenvalue weighted by Gasteiger charge is -2.37. The number of hydrogen-bond donors (Lipinski definition) is 0. The maximum Gasteiger partial charge on any atom is 0.137 e. The third-order valence-corrected chi connectivity index (χ3v) is 6.48. The Balaban J connectivity index is 1.91. The van der Waals surface area contributed by atoms with Crippen LogP contribution in [0.5, 0.6) is 0 Å². The molecular formula is C26H18BrFN2. The Morgan fingerprint density at radius 1 is 0.800 bits per heavy atom. The number of halogens is 2. The summed E-state index contributed by atoms with van der Waals surface area (Å²) >= 11 is 3.54. The zero-order valence-electron chi connectivity index (χ0n) is 16.1. The molecule has 0 fully saturated rings. The second kappa shape index (κ2) is 7.62. The summed E-state index contributed by atoms with van der Waals surface area (Å²) in [5.41, 5.74) is 4.74. The molecule has 1 heterocycles. The van der Waals surface area contributed by atoms with E-state index in [0.29, 0.717) is 4.47 Å². The van der Waals surface area contributed by atoms with Crippen LogP contribution in [0.2, 0.25) is 0 Å². The summed E-state index contributed by atoms with van der Waals surface area (Å²) in [7, 11) is 0. The first kappa shape index (κ1) is 18.9. The van der Waals surface area contributed by atoms with Gasteiger partial charge in [-0.3, -0.25) is 0 Å². The van der Waals surface area contributed by atoms with E-state index in [2.05, 4.69) is 57.4 Å². The molecule has 0 N–H and O–H groups in total. The van der Waals surface area contributed by atoms with Gasteiger partial charge in [0.05, 0.1) is 21.3 Å². The normalized spacial score (nSPS) is 15.3. The van der Waals surface area contributed by atoms with Crippen molar-refractivity contribution < 1.29 is 4.39 Å². The maximum absolute atomic E-state index is 14.8. The minimum atomic E-state index is -0.828. The summed E-state index contributed by atoms with van der Waals surface area (Å²) in [5.74, 6) is -0.305. The van der Waals surface area contributed by atoms with E-state index in [-0.39, 0.29) is 5.82 Å². The summed E-state index contributed by atoms with van der Waals surface area (Å²) in [6.45, 7) is 0. The Bertz CT molecular complexity index is 1180. The van der Waals surface area contributed by atoms with Gasteiger partial charge in [-0.2, -0.15) is 10.2 Å². The van der Waals surface area contributed by atoms with Crippen molar-refractivity contribution in [3.05, 3.63) is 130 Å². The lowest BCUT2D eigenvalue weighted by molar-refractivity contribution is 0.614. The van der Waals surface area contributed by atoms with Crippen LogP contribution >= 0.6 is 15.9 Å². The maximum atomic E-state index is 14.8. The van der Waals surface area contributed by atoms with Crippen LogP contribution in [-0.2, 0) is 5.41 Å². The molecule has 0 atom stereocenters. The van der Waals surface area contributed by atoms with Crippen molar-refractivity contribution in [1.29, 1.82) is 0 Å². The highest BCUT2D eigenvalue weighted by atomic mass is 79.9. The minimum absolute atomic E-state index is 0.305. The van der Waals surface area contributed by atoms with E-state index in [1.165, 1.54) is 6.07 Å². The Labute approximate surface area is 183 Å². The molecule has 0 aromatic heterocycles. The number of benzene rings is 3. The molecule has 3 aromatic carbocycles. The Morgan fingerprint density at radius 2 is 1.47 bits per heavy atom. The SMILES string of the molecule is Fc1cccc(C(C2=NN=C3CC=CC=C32)(c2ccccc2)c2ccccc2)c1Br. The van der Waals surface area contributed by atoms with Gasteiger partial charge in [-0.1, -0.05) is 91.0 Å². The highest BCUT2D eigenvalue weighted by Gasteiger charge is 2.46. The fraction of sp³-hybridized carbons (Fsp3) is 0.0769. The van der Waals surface area contributed by atoms with Crippen molar-refractivity contribution in [2.75, 3.05) is 0 Å². The molecule has 0 unspecified atom stereocenters. The molecule has 1 aliphatic heterocycles. The van der Waals surface area contributed by atoms with Crippen molar-refractivity contribution >= 4 is 27.4 Å². The minimum Gasteiger partial charge on any atom is -0.206 e. The van der Waals surface area contributed by atoms with Gasteiger partial charge < -0.3 is 0 Å². The average molecular weight is 457 g/mol. The average Bonchev–Trinajstić information content (AvgIpc) is 3.23. The highest BCUT2D eigenvalue weighted by Crippen LogP contribution is 2.47. The number of nitrogens with zero attached hydrogens (tertiary/aromatic N) is 2. The van der Waals surface area contributed by atoms with Crippen LogP contribution in [0.3, 0.4) is 0 Å². The molecule has 0 spiro atoms. The van der Waals surface area contributed by atoms with Crippen LogP contribution in [-0.4, -0.2) is 11.4 Å². The number of rotatable bonds is 4. The molecule has 0 saturated heterocycles. The largest absolute Gasteiger partial charge is 0.206 e. The first-order chi connectivity index (χ1) is 14.7. The topological polar surface area (TPSA) is 24.7 Å². The van der Waals surface area contributed by atoms with Gasteiger partial charge >= 0.3 is 0 Å². The van der Waals surface area contributed by atoms with Crippen LogP contribution in [0.25, 0.3) is 0 Å². The molecule has 5 rings (SSSR count). The van der Waals surface area contributed by atoms with E-state index in [0.717, 1.165) is 40.1 Å². The van der Waals surface area contributed by atoms with Gasteiger partial charge in [-0.15, -0.1) is 0 Å². The fourth-order valence-corrected chi connectivity index (χ4v) is 4.91. The zero-order chi connectivity index (χ0) is 20.6. The van der Waals surface area contributed by atoms with E-state index < -0.39 is 5.41 Å². The molecule has 2 nitrogen and oxygen atoms in total.